The van der Waals surface area contributed by atoms with Crippen molar-refractivity contribution in [3.8, 4) is 11.8 Å². The molecule has 0 spiro atoms. The fourth-order valence-electron chi connectivity index (χ4n) is 1.28. The zero-order chi connectivity index (χ0) is 12.1. The first kappa shape index (κ1) is 12.8. The molecule has 0 aliphatic heterocycles. The van der Waals surface area contributed by atoms with Crippen LogP contribution < -0.4 is 0 Å². The quantitative estimate of drug-likeness (QED) is 0.753. The first-order valence-electron chi connectivity index (χ1n) is 5.80. The van der Waals surface area contributed by atoms with E-state index in [9.17, 15) is 5.11 Å². The van der Waals surface area contributed by atoms with Gasteiger partial charge in [-0.3, -0.25) is 0 Å². The molecule has 1 N–H and O–H groups in total. The Morgan fingerprint density at radius 3 is 2.00 bits per heavy atom. The lowest BCUT2D eigenvalue weighted by molar-refractivity contribution is 0.181. The molecule has 1 heteroatoms. The molecule has 0 aliphatic carbocycles. The summed E-state index contributed by atoms with van der Waals surface area (Å²) in [7, 11) is 0. The van der Waals surface area contributed by atoms with E-state index in [0.717, 1.165) is 5.56 Å². The fourth-order valence-corrected chi connectivity index (χ4v) is 1.28. The molecule has 1 atom stereocenters. The summed E-state index contributed by atoms with van der Waals surface area (Å²) >= 11 is 0. The predicted octanol–water partition coefficient (Wildman–Crippen LogP) is 3.18. The Morgan fingerprint density at radius 2 is 1.56 bits per heavy atom. The van der Waals surface area contributed by atoms with Crippen LogP contribution in [-0.4, -0.2) is 11.2 Å². The standard InChI is InChI=1S/C15H20O/c1-11(2)14-8-5-13(6-9-14)7-10-15(16)12(3)4/h5-6,8-9,11-12,15-16H,1-4H3. The third-order valence-corrected chi connectivity index (χ3v) is 2.57. The predicted molar refractivity (Wildman–Crippen MR) is 68.3 cm³/mol. The van der Waals surface area contributed by atoms with Crippen LogP contribution in [0, 0.1) is 17.8 Å². The fraction of sp³-hybridized carbons (Fsp3) is 0.467. The highest BCUT2D eigenvalue weighted by Gasteiger charge is 2.03. The summed E-state index contributed by atoms with van der Waals surface area (Å²) in [6, 6.07) is 8.21. The van der Waals surface area contributed by atoms with Crippen LogP contribution in [0.4, 0.5) is 0 Å². The maximum Gasteiger partial charge on any atom is 0.117 e. The van der Waals surface area contributed by atoms with E-state index in [1.54, 1.807) is 0 Å². The van der Waals surface area contributed by atoms with Crippen molar-refractivity contribution < 1.29 is 5.11 Å². The van der Waals surface area contributed by atoms with Crippen LogP contribution in [-0.2, 0) is 0 Å². The average molecular weight is 216 g/mol. The van der Waals surface area contributed by atoms with E-state index in [1.807, 2.05) is 26.0 Å². The summed E-state index contributed by atoms with van der Waals surface area (Å²) in [5.41, 5.74) is 2.28. The number of hydrogen-bond donors (Lipinski definition) is 1. The SMILES string of the molecule is CC(C)c1ccc(C#CC(O)C(C)C)cc1. The Balaban J connectivity index is 2.75. The lowest BCUT2D eigenvalue weighted by Gasteiger charge is -2.06. The molecule has 16 heavy (non-hydrogen) atoms. The van der Waals surface area contributed by atoms with Crippen molar-refractivity contribution in [2.24, 2.45) is 5.92 Å². The molecule has 0 heterocycles. The van der Waals surface area contributed by atoms with Crippen molar-refractivity contribution in [1.82, 2.24) is 0 Å². The molecule has 0 aromatic heterocycles. The van der Waals surface area contributed by atoms with Gasteiger partial charge in [-0.15, -0.1) is 0 Å². The normalized spacial score (nSPS) is 12.4. The first-order chi connectivity index (χ1) is 7.50. The zero-order valence-electron chi connectivity index (χ0n) is 10.5. The van der Waals surface area contributed by atoms with Gasteiger partial charge in [-0.25, -0.2) is 0 Å². The van der Waals surface area contributed by atoms with Crippen molar-refractivity contribution in [3.63, 3.8) is 0 Å². The molecule has 1 aromatic rings. The molecule has 86 valence electrons. The van der Waals surface area contributed by atoms with Gasteiger partial charge in [0, 0.05) is 5.56 Å². The van der Waals surface area contributed by atoms with Gasteiger partial charge in [0.25, 0.3) is 0 Å². The van der Waals surface area contributed by atoms with Crippen molar-refractivity contribution in [1.29, 1.82) is 0 Å². The van der Waals surface area contributed by atoms with Gasteiger partial charge in [-0.1, -0.05) is 51.7 Å². The molecule has 0 fully saturated rings. The Bertz CT molecular complexity index is 376. The summed E-state index contributed by atoms with van der Waals surface area (Å²) in [5, 5.41) is 9.56. The number of benzene rings is 1. The van der Waals surface area contributed by atoms with E-state index in [-0.39, 0.29) is 5.92 Å². The molecule has 0 saturated carbocycles. The molecule has 1 rings (SSSR count). The van der Waals surface area contributed by atoms with E-state index in [4.69, 9.17) is 0 Å². The Hall–Kier alpha value is -1.26. The molecule has 0 amide bonds. The molecular formula is C15H20O. The van der Waals surface area contributed by atoms with Crippen molar-refractivity contribution in [3.05, 3.63) is 35.4 Å². The van der Waals surface area contributed by atoms with E-state index >= 15 is 0 Å². The van der Waals surface area contributed by atoms with E-state index in [2.05, 4.69) is 37.8 Å². The lowest BCUT2D eigenvalue weighted by Crippen LogP contribution is -2.11. The summed E-state index contributed by atoms with van der Waals surface area (Å²) in [6.07, 6.45) is -0.537. The van der Waals surface area contributed by atoms with Crippen LogP contribution in [0.3, 0.4) is 0 Å². The first-order valence-corrected chi connectivity index (χ1v) is 5.80. The number of aliphatic hydroxyl groups is 1. The minimum atomic E-state index is -0.537. The minimum absolute atomic E-state index is 0.183. The van der Waals surface area contributed by atoms with Crippen LogP contribution >= 0.6 is 0 Å². The molecule has 0 radical (unpaired) electrons. The second-order valence-corrected chi connectivity index (χ2v) is 4.73. The molecule has 0 saturated heterocycles. The lowest BCUT2D eigenvalue weighted by atomic mass is 10.0. The van der Waals surface area contributed by atoms with Crippen molar-refractivity contribution in [2.75, 3.05) is 0 Å². The van der Waals surface area contributed by atoms with Crippen LogP contribution in [0.15, 0.2) is 24.3 Å². The average Bonchev–Trinajstić information content (AvgIpc) is 2.26. The van der Waals surface area contributed by atoms with E-state index in [0.29, 0.717) is 5.92 Å². The second kappa shape index (κ2) is 5.72. The van der Waals surface area contributed by atoms with Crippen LogP contribution in [0.5, 0.6) is 0 Å². The highest BCUT2D eigenvalue weighted by molar-refractivity contribution is 5.37. The van der Waals surface area contributed by atoms with E-state index < -0.39 is 6.10 Å². The maximum atomic E-state index is 9.56. The largest absolute Gasteiger partial charge is 0.380 e. The molecule has 1 aromatic carbocycles. The van der Waals surface area contributed by atoms with Gasteiger partial charge in [0.05, 0.1) is 0 Å². The van der Waals surface area contributed by atoms with Crippen LogP contribution in [0.1, 0.15) is 44.7 Å². The zero-order valence-corrected chi connectivity index (χ0v) is 10.5. The van der Waals surface area contributed by atoms with Crippen molar-refractivity contribution in [2.45, 2.75) is 39.7 Å². The van der Waals surface area contributed by atoms with Gasteiger partial charge >= 0.3 is 0 Å². The Kier molecular flexibility index (Phi) is 4.58. The van der Waals surface area contributed by atoms with Crippen molar-refractivity contribution >= 4 is 0 Å². The number of aliphatic hydroxyl groups excluding tert-OH is 1. The third-order valence-electron chi connectivity index (χ3n) is 2.57. The van der Waals surface area contributed by atoms with Gasteiger partial charge in [-0.2, -0.15) is 0 Å². The molecule has 0 aliphatic rings. The monoisotopic (exact) mass is 216 g/mol. The number of rotatable bonds is 2. The van der Waals surface area contributed by atoms with Gasteiger partial charge in [0.1, 0.15) is 6.10 Å². The number of hydrogen-bond acceptors (Lipinski definition) is 1. The van der Waals surface area contributed by atoms with E-state index in [1.165, 1.54) is 5.56 Å². The van der Waals surface area contributed by atoms with Gasteiger partial charge in [-0.05, 0) is 29.5 Å². The summed E-state index contributed by atoms with van der Waals surface area (Å²) in [6.45, 7) is 8.26. The van der Waals surface area contributed by atoms with Gasteiger partial charge < -0.3 is 5.11 Å². The topological polar surface area (TPSA) is 20.2 Å². The highest BCUT2D eigenvalue weighted by Crippen LogP contribution is 2.14. The Labute approximate surface area is 98.5 Å². The Morgan fingerprint density at radius 1 is 1.00 bits per heavy atom. The highest BCUT2D eigenvalue weighted by atomic mass is 16.3. The summed E-state index contributed by atoms with van der Waals surface area (Å²) < 4.78 is 0. The third kappa shape index (κ3) is 3.72. The van der Waals surface area contributed by atoms with Crippen LogP contribution in [0.2, 0.25) is 0 Å². The molecular weight excluding hydrogens is 196 g/mol. The maximum absolute atomic E-state index is 9.56. The molecule has 1 nitrogen and oxygen atoms in total. The molecule has 1 unspecified atom stereocenters. The summed E-state index contributed by atoms with van der Waals surface area (Å²) in [5.74, 6) is 6.57. The molecule has 0 bridgehead atoms. The van der Waals surface area contributed by atoms with Crippen LogP contribution in [0.25, 0.3) is 0 Å². The minimum Gasteiger partial charge on any atom is -0.380 e. The second-order valence-electron chi connectivity index (χ2n) is 4.73. The van der Waals surface area contributed by atoms with Gasteiger partial charge in [0.15, 0.2) is 0 Å². The smallest absolute Gasteiger partial charge is 0.117 e. The van der Waals surface area contributed by atoms with Gasteiger partial charge in [0.2, 0.25) is 0 Å². The summed E-state index contributed by atoms with van der Waals surface area (Å²) in [4.78, 5) is 0.